The number of aromatic nitrogens is 2. The van der Waals surface area contributed by atoms with Crippen LogP contribution >= 0.6 is 0 Å². The van der Waals surface area contributed by atoms with Gasteiger partial charge in [0.25, 0.3) is 0 Å². The van der Waals surface area contributed by atoms with Crippen LogP contribution in [-0.2, 0) is 33.4 Å². The predicted molar refractivity (Wildman–Crippen MR) is 41.2 cm³/mol. The first-order valence-electron chi connectivity index (χ1n) is 3.98. The minimum absolute atomic E-state index is 0. The van der Waals surface area contributed by atoms with Crippen molar-refractivity contribution in [3.05, 3.63) is 18.7 Å². The van der Waals surface area contributed by atoms with Gasteiger partial charge in [-0.3, -0.25) is 0 Å². The Labute approximate surface area is 93.6 Å². The topological polar surface area (TPSA) is 25.9 Å². The average molecular weight is 247 g/mol. The second-order valence-corrected chi connectivity index (χ2v) is 2.67. The van der Waals surface area contributed by atoms with E-state index in [4.69, 9.17) is 3.83 Å². The van der Waals surface area contributed by atoms with Crippen molar-refractivity contribution in [3.8, 4) is 0 Å². The van der Waals surface area contributed by atoms with E-state index < -0.39 is 0 Å². The predicted octanol–water partition coefficient (Wildman–Crippen LogP) is -2.00. The Morgan fingerprint density at radius 2 is 2.08 bits per heavy atom. The molecule has 78 valence electrons. The van der Waals surface area contributed by atoms with Crippen LogP contribution in [0.2, 0.25) is 0 Å². The summed E-state index contributed by atoms with van der Waals surface area (Å²) in [5, 5.41) is 0. The fourth-order valence-corrected chi connectivity index (χ4v) is 0.975. The standard InChI is InChI=1S/C8H15N2.ClH.Fe.O/c1-3-4-5-10-7-6-9(2)8-10;;;/h6-8H,3-5H2,1-2H3;1H;;/q+1;;;/p-1. The molecule has 1 aromatic heterocycles. The van der Waals surface area contributed by atoms with Crippen molar-refractivity contribution in [2.45, 2.75) is 26.3 Å². The van der Waals surface area contributed by atoms with E-state index in [1.807, 2.05) is 23.0 Å². The molecule has 1 rings (SSSR count). The Kier molecular flexibility index (Phi) is 11.7. The Hall–Kier alpha value is -0.181. The van der Waals surface area contributed by atoms with Gasteiger partial charge in [0.15, 0.2) is 0 Å². The summed E-state index contributed by atoms with van der Waals surface area (Å²) in [5.74, 6) is 0. The SMILES string of the molecule is CCCCn1cc[n+](C)c1.[Cl-].[O]=[Fe]. The van der Waals surface area contributed by atoms with E-state index in [9.17, 15) is 0 Å². The molecular formula is C8H15ClFeN2O. The van der Waals surface area contributed by atoms with Gasteiger partial charge in [-0.1, -0.05) is 13.3 Å². The van der Waals surface area contributed by atoms with Crippen LogP contribution in [-0.4, -0.2) is 4.57 Å². The van der Waals surface area contributed by atoms with E-state index in [0.29, 0.717) is 0 Å². The summed E-state index contributed by atoms with van der Waals surface area (Å²) < 4.78 is 12.3. The van der Waals surface area contributed by atoms with Crippen molar-refractivity contribution in [2.24, 2.45) is 7.05 Å². The van der Waals surface area contributed by atoms with Gasteiger partial charge in [0, 0.05) is 0 Å². The normalized spacial score (nSPS) is 8.23. The Balaban J connectivity index is 0. The quantitative estimate of drug-likeness (QED) is 0.447. The number of hydrogen-bond acceptors (Lipinski definition) is 1. The van der Waals surface area contributed by atoms with E-state index >= 15 is 0 Å². The summed E-state index contributed by atoms with van der Waals surface area (Å²) in [6.45, 7) is 3.36. The zero-order valence-corrected chi connectivity index (χ0v) is 9.75. The van der Waals surface area contributed by atoms with Crippen molar-refractivity contribution >= 4 is 0 Å². The van der Waals surface area contributed by atoms with Crippen LogP contribution in [0.3, 0.4) is 0 Å². The van der Waals surface area contributed by atoms with Gasteiger partial charge in [-0.2, -0.15) is 0 Å². The van der Waals surface area contributed by atoms with Crippen molar-refractivity contribution in [1.82, 2.24) is 4.57 Å². The molecule has 0 fully saturated rings. The van der Waals surface area contributed by atoms with Crippen LogP contribution in [0, 0.1) is 0 Å². The summed E-state index contributed by atoms with van der Waals surface area (Å²) in [6.07, 6.45) is 8.82. The molecule has 0 aromatic carbocycles. The molecule has 0 amide bonds. The van der Waals surface area contributed by atoms with E-state index in [0.717, 1.165) is 6.54 Å². The molecule has 0 saturated heterocycles. The number of imidazole rings is 1. The molecule has 0 unspecified atom stereocenters. The minimum atomic E-state index is 0. The number of aryl methyl sites for hydroxylation is 2. The van der Waals surface area contributed by atoms with E-state index in [1.54, 1.807) is 0 Å². The molecule has 0 N–H and O–H groups in total. The first-order chi connectivity index (χ1) is 5.83. The van der Waals surface area contributed by atoms with Gasteiger partial charge in [-0.15, -0.1) is 0 Å². The molecule has 0 saturated carbocycles. The molecule has 1 heterocycles. The molecule has 0 bridgehead atoms. The van der Waals surface area contributed by atoms with Gasteiger partial charge in [0.05, 0.1) is 13.6 Å². The number of unbranched alkanes of at least 4 members (excludes halogenated alkanes) is 1. The average Bonchev–Trinajstić information content (AvgIpc) is 2.51. The number of halogens is 1. The number of rotatable bonds is 3. The molecule has 0 aliphatic carbocycles. The van der Waals surface area contributed by atoms with Gasteiger partial charge in [0.1, 0.15) is 12.4 Å². The van der Waals surface area contributed by atoms with Gasteiger partial charge in [0.2, 0.25) is 6.33 Å². The second-order valence-electron chi connectivity index (χ2n) is 2.67. The Bertz CT molecular complexity index is 218. The number of nitrogens with zero attached hydrogens (tertiary/aromatic N) is 2. The molecule has 3 nitrogen and oxygen atoms in total. The molecule has 0 radical (unpaired) electrons. The van der Waals surface area contributed by atoms with E-state index in [1.165, 1.54) is 12.8 Å². The van der Waals surface area contributed by atoms with E-state index in [2.05, 4.69) is 34.8 Å². The molecule has 1 aromatic rings. The summed E-state index contributed by atoms with van der Waals surface area (Å²) in [7, 11) is 2.04. The van der Waals surface area contributed by atoms with Gasteiger partial charge in [-0.05, 0) is 6.42 Å². The molecule has 0 spiro atoms. The van der Waals surface area contributed by atoms with Gasteiger partial charge < -0.3 is 12.4 Å². The summed E-state index contributed by atoms with van der Waals surface area (Å²) >= 11 is 2.00. The number of hydrogen-bond donors (Lipinski definition) is 0. The van der Waals surface area contributed by atoms with Crippen molar-refractivity contribution in [1.29, 1.82) is 0 Å². The van der Waals surface area contributed by atoms with Crippen LogP contribution < -0.4 is 17.0 Å². The van der Waals surface area contributed by atoms with Crippen molar-refractivity contribution in [2.75, 3.05) is 0 Å². The van der Waals surface area contributed by atoms with Gasteiger partial charge in [-0.25, -0.2) is 9.13 Å². The Morgan fingerprint density at radius 3 is 2.46 bits per heavy atom. The summed E-state index contributed by atoms with van der Waals surface area (Å²) in [4.78, 5) is 0. The first-order valence-corrected chi connectivity index (χ1v) is 4.43. The van der Waals surface area contributed by atoms with Crippen molar-refractivity contribution < 1.29 is 36.8 Å². The summed E-state index contributed by atoms with van der Waals surface area (Å²) in [6, 6.07) is 0. The van der Waals surface area contributed by atoms with Crippen LogP contribution in [0.25, 0.3) is 0 Å². The van der Waals surface area contributed by atoms with Crippen LogP contribution in [0.5, 0.6) is 0 Å². The fraction of sp³-hybridized carbons (Fsp3) is 0.625. The van der Waals surface area contributed by atoms with Crippen LogP contribution in [0.1, 0.15) is 19.8 Å². The zero-order valence-electron chi connectivity index (χ0n) is 7.89. The molecule has 0 atom stereocenters. The fourth-order valence-electron chi connectivity index (χ4n) is 0.975. The molecule has 0 aliphatic heterocycles. The van der Waals surface area contributed by atoms with Gasteiger partial charge >= 0.3 is 19.8 Å². The second kappa shape index (κ2) is 9.90. The maximum atomic E-state index is 8.00. The third kappa shape index (κ3) is 6.93. The van der Waals surface area contributed by atoms with Crippen LogP contribution in [0.4, 0.5) is 0 Å². The first kappa shape index (κ1) is 15.3. The zero-order chi connectivity index (χ0) is 9.40. The Morgan fingerprint density at radius 1 is 1.46 bits per heavy atom. The molecule has 5 heteroatoms. The molecular weight excluding hydrogens is 231 g/mol. The molecule has 13 heavy (non-hydrogen) atoms. The third-order valence-electron chi connectivity index (χ3n) is 1.59. The maximum absolute atomic E-state index is 8.00. The monoisotopic (exact) mass is 246 g/mol. The summed E-state index contributed by atoms with van der Waals surface area (Å²) in [5.41, 5.74) is 0. The van der Waals surface area contributed by atoms with Crippen LogP contribution in [0.15, 0.2) is 18.7 Å². The third-order valence-corrected chi connectivity index (χ3v) is 1.59. The van der Waals surface area contributed by atoms with Crippen molar-refractivity contribution in [3.63, 3.8) is 0 Å². The van der Waals surface area contributed by atoms with E-state index in [-0.39, 0.29) is 12.4 Å². The molecule has 0 aliphatic rings.